The first kappa shape index (κ1) is 14.1. The second-order valence-corrected chi connectivity index (χ2v) is 6.05. The number of aliphatic carboxylic acids is 1. The van der Waals surface area contributed by atoms with Crippen molar-refractivity contribution in [3.05, 3.63) is 22.4 Å². The van der Waals surface area contributed by atoms with E-state index >= 15 is 0 Å². The molecule has 0 aromatic carbocycles. The summed E-state index contributed by atoms with van der Waals surface area (Å²) >= 11 is 1.60. The molecule has 1 heterocycles. The van der Waals surface area contributed by atoms with Crippen molar-refractivity contribution >= 4 is 23.2 Å². The van der Waals surface area contributed by atoms with Crippen LogP contribution in [0.25, 0.3) is 0 Å². The molecule has 0 bridgehead atoms. The minimum atomic E-state index is -1.18. The molecule has 1 saturated carbocycles. The van der Waals surface area contributed by atoms with Gasteiger partial charge in [-0.3, -0.25) is 9.59 Å². The number of carbonyl (C=O) groups excluding carboxylic acids is 1. The third-order valence-corrected chi connectivity index (χ3v) is 4.81. The highest BCUT2D eigenvalue weighted by Crippen LogP contribution is 2.42. The fourth-order valence-electron chi connectivity index (χ4n) is 2.43. The van der Waals surface area contributed by atoms with Gasteiger partial charge in [0.15, 0.2) is 0 Å². The Morgan fingerprint density at radius 2 is 2.26 bits per heavy atom. The predicted octanol–water partition coefficient (Wildman–Crippen LogP) is 2.96. The molecule has 1 aliphatic carbocycles. The van der Waals surface area contributed by atoms with Gasteiger partial charge in [-0.2, -0.15) is 0 Å². The lowest BCUT2D eigenvalue weighted by atomic mass is 9.68. The molecular weight excluding hydrogens is 262 g/mol. The molecule has 1 fully saturated rings. The normalized spacial score (nSPS) is 18.4. The third kappa shape index (κ3) is 2.66. The maximum absolute atomic E-state index is 12.3. The van der Waals surface area contributed by atoms with Crippen LogP contribution in [0.4, 0.5) is 0 Å². The Morgan fingerprint density at radius 1 is 1.53 bits per heavy atom. The number of nitrogens with one attached hydrogen (secondary N) is 1. The summed E-state index contributed by atoms with van der Waals surface area (Å²) in [5, 5.41) is 14.2. The minimum absolute atomic E-state index is 0.0608. The van der Waals surface area contributed by atoms with Crippen LogP contribution in [-0.2, 0) is 9.59 Å². The summed E-state index contributed by atoms with van der Waals surface area (Å²) in [6, 6.07) is 3.87. The van der Waals surface area contributed by atoms with Crippen molar-refractivity contribution in [3.63, 3.8) is 0 Å². The van der Waals surface area contributed by atoms with Gasteiger partial charge in [-0.05, 0) is 30.7 Å². The standard InChI is InChI=1S/C14H19NO3S/c1-2-5-10(11-6-3-9-19-11)15-12(16)14(13(17)18)7-4-8-14/h3,6,9-10H,2,4-5,7-8H2,1H3,(H,15,16)(H,17,18). The molecule has 0 aliphatic heterocycles. The van der Waals surface area contributed by atoms with Gasteiger partial charge in [-0.15, -0.1) is 11.3 Å². The lowest BCUT2D eigenvalue weighted by Gasteiger charge is -2.37. The van der Waals surface area contributed by atoms with E-state index in [0.717, 1.165) is 24.1 Å². The second-order valence-electron chi connectivity index (χ2n) is 5.07. The summed E-state index contributed by atoms with van der Waals surface area (Å²) in [5.41, 5.74) is -1.18. The maximum Gasteiger partial charge on any atom is 0.319 e. The molecule has 4 nitrogen and oxygen atoms in total. The van der Waals surface area contributed by atoms with Gasteiger partial charge in [0.2, 0.25) is 5.91 Å². The second kappa shape index (κ2) is 5.74. The van der Waals surface area contributed by atoms with Crippen LogP contribution in [-0.4, -0.2) is 17.0 Å². The van der Waals surface area contributed by atoms with Crippen molar-refractivity contribution in [1.82, 2.24) is 5.32 Å². The highest BCUT2D eigenvalue weighted by Gasteiger charge is 2.51. The van der Waals surface area contributed by atoms with Crippen molar-refractivity contribution in [2.24, 2.45) is 5.41 Å². The number of carboxylic acid groups (broad SMARTS) is 1. The molecule has 104 valence electrons. The number of hydrogen-bond donors (Lipinski definition) is 2. The van der Waals surface area contributed by atoms with Crippen LogP contribution >= 0.6 is 11.3 Å². The van der Waals surface area contributed by atoms with Gasteiger partial charge in [0, 0.05) is 4.88 Å². The summed E-state index contributed by atoms with van der Waals surface area (Å²) in [4.78, 5) is 24.7. The number of rotatable bonds is 6. The van der Waals surface area contributed by atoms with E-state index in [1.165, 1.54) is 0 Å². The van der Waals surface area contributed by atoms with Crippen LogP contribution in [0.1, 0.15) is 49.9 Å². The third-order valence-electron chi connectivity index (χ3n) is 3.82. The number of thiophene rings is 1. The largest absolute Gasteiger partial charge is 0.480 e. The van der Waals surface area contributed by atoms with Crippen molar-refractivity contribution < 1.29 is 14.7 Å². The molecule has 2 rings (SSSR count). The number of carboxylic acids is 1. The molecule has 1 atom stereocenters. The molecule has 1 aromatic heterocycles. The zero-order chi connectivity index (χ0) is 13.9. The van der Waals surface area contributed by atoms with E-state index in [1.807, 2.05) is 17.5 Å². The van der Waals surface area contributed by atoms with Gasteiger partial charge in [0.25, 0.3) is 0 Å². The lowest BCUT2D eigenvalue weighted by molar-refractivity contribution is -0.162. The topological polar surface area (TPSA) is 66.4 Å². The molecule has 1 amide bonds. The highest BCUT2D eigenvalue weighted by atomic mass is 32.1. The SMILES string of the molecule is CCCC(NC(=O)C1(C(=O)O)CCC1)c1cccs1. The van der Waals surface area contributed by atoms with E-state index in [0.29, 0.717) is 12.8 Å². The van der Waals surface area contributed by atoms with Crippen LogP contribution in [0.3, 0.4) is 0 Å². The Kier molecular flexibility index (Phi) is 4.24. The van der Waals surface area contributed by atoms with Gasteiger partial charge in [-0.1, -0.05) is 25.8 Å². The molecule has 1 unspecified atom stereocenters. The highest BCUT2D eigenvalue weighted by molar-refractivity contribution is 7.10. The monoisotopic (exact) mass is 281 g/mol. The Labute approximate surface area is 116 Å². The van der Waals surface area contributed by atoms with Crippen molar-refractivity contribution in [2.75, 3.05) is 0 Å². The van der Waals surface area contributed by atoms with Gasteiger partial charge in [0.1, 0.15) is 5.41 Å². The van der Waals surface area contributed by atoms with E-state index in [-0.39, 0.29) is 11.9 Å². The quantitative estimate of drug-likeness (QED) is 0.788. The van der Waals surface area contributed by atoms with E-state index in [4.69, 9.17) is 0 Å². The maximum atomic E-state index is 12.3. The average molecular weight is 281 g/mol. The zero-order valence-corrected chi connectivity index (χ0v) is 11.8. The van der Waals surface area contributed by atoms with Crippen LogP contribution in [0.2, 0.25) is 0 Å². The Bertz CT molecular complexity index is 451. The molecule has 5 heteroatoms. The Morgan fingerprint density at radius 3 is 2.68 bits per heavy atom. The Balaban J connectivity index is 2.09. The molecule has 0 spiro atoms. The fourth-order valence-corrected chi connectivity index (χ4v) is 3.24. The molecule has 0 saturated heterocycles. The molecule has 19 heavy (non-hydrogen) atoms. The molecule has 1 aromatic rings. The van der Waals surface area contributed by atoms with Crippen molar-refractivity contribution in [1.29, 1.82) is 0 Å². The van der Waals surface area contributed by atoms with Crippen LogP contribution in [0.15, 0.2) is 17.5 Å². The summed E-state index contributed by atoms with van der Waals surface area (Å²) in [5.74, 6) is -1.31. The lowest BCUT2D eigenvalue weighted by Crippen LogP contribution is -2.51. The molecule has 0 radical (unpaired) electrons. The van der Waals surface area contributed by atoms with Crippen LogP contribution in [0, 0.1) is 5.41 Å². The van der Waals surface area contributed by atoms with Gasteiger partial charge in [-0.25, -0.2) is 0 Å². The minimum Gasteiger partial charge on any atom is -0.480 e. The molecule has 1 aliphatic rings. The predicted molar refractivity (Wildman–Crippen MR) is 74.0 cm³/mol. The molecular formula is C14H19NO3S. The first-order valence-corrected chi connectivity index (χ1v) is 7.56. The van der Waals surface area contributed by atoms with Gasteiger partial charge >= 0.3 is 5.97 Å². The first-order chi connectivity index (χ1) is 9.10. The van der Waals surface area contributed by atoms with Crippen LogP contribution in [0.5, 0.6) is 0 Å². The summed E-state index contributed by atoms with van der Waals surface area (Å²) < 4.78 is 0. The smallest absolute Gasteiger partial charge is 0.319 e. The Hall–Kier alpha value is -1.36. The summed E-state index contributed by atoms with van der Waals surface area (Å²) in [7, 11) is 0. The number of amides is 1. The van der Waals surface area contributed by atoms with E-state index < -0.39 is 11.4 Å². The number of hydrogen-bond acceptors (Lipinski definition) is 3. The van der Waals surface area contributed by atoms with Gasteiger partial charge < -0.3 is 10.4 Å². The first-order valence-electron chi connectivity index (χ1n) is 6.68. The molecule has 2 N–H and O–H groups in total. The van der Waals surface area contributed by atoms with E-state index in [1.54, 1.807) is 11.3 Å². The summed E-state index contributed by atoms with van der Waals surface area (Å²) in [6.07, 6.45) is 3.51. The van der Waals surface area contributed by atoms with E-state index in [2.05, 4.69) is 12.2 Å². The fraction of sp³-hybridized carbons (Fsp3) is 0.571. The average Bonchev–Trinajstić information content (AvgIpc) is 2.79. The van der Waals surface area contributed by atoms with Crippen LogP contribution < -0.4 is 5.32 Å². The van der Waals surface area contributed by atoms with Crippen molar-refractivity contribution in [2.45, 2.75) is 45.1 Å². The van der Waals surface area contributed by atoms with E-state index in [9.17, 15) is 14.7 Å². The van der Waals surface area contributed by atoms with Gasteiger partial charge in [0.05, 0.1) is 6.04 Å². The van der Waals surface area contributed by atoms with Crippen molar-refractivity contribution in [3.8, 4) is 0 Å². The zero-order valence-electron chi connectivity index (χ0n) is 11.0. The summed E-state index contributed by atoms with van der Waals surface area (Å²) in [6.45, 7) is 2.06. The number of carbonyl (C=O) groups is 2.